The fourth-order valence-corrected chi connectivity index (χ4v) is 2.68. The van der Waals surface area contributed by atoms with Crippen molar-refractivity contribution in [3.63, 3.8) is 0 Å². The van der Waals surface area contributed by atoms with Gasteiger partial charge in [0.05, 0.1) is 0 Å². The molecule has 0 fully saturated rings. The van der Waals surface area contributed by atoms with E-state index >= 15 is 0 Å². The molecule has 1 atom stereocenters. The minimum absolute atomic E-state index is 0.819. The van der Waals surface area contributed by atoms with Crippen molar-refractivity contribution in [2.45, 2.75) is 71.1 Å². The van der Waals surface area contributed by atoms with E-state index in [-0.39, 0.29) is 0 Å². The van der Waals surface area contributed by atoms with Gasteiger partial charge in [-0.25, -0.2) is 0 Å². The van der Waals surface area contributed by atoms with Crippen LogP contribution in [0.3, 0.4) is 0 Å². The number of nitrogens with zero attached hydrogens (tertiary/aromatic N) is 1. The molecule has 0 radical (unpaired) electrons. The van der Waals surface area contributed by atoms with Gasteiger partial charge in [0.15, 0.2) is 0 Å². The zero-order valence-corrected chi connectivity index (χ0v) is 13.2. The molecule has 0 aromatic carbocycles. The predicted molar refractivity (Wildman–Crippen MR) is 87.7 cm³/mol. The molecule has 0 spiro atoms. The standard InChI is InChI=1S/C18H32N2/c1-17(13-14-19)10-7-5-3-2-4-6-8-11-18-12-9-15-20-16-18/h9,12,15-17H,2-8,10-11,13-14,19H2,1H3/t17-/m0/s1. The molecule has 1 aromatic rings. The van der Waals surface area contributed by atoms with Gasteiger partial charge in [-0.05, 0) is 43.4 Å². The topological polar surface area (TPSA) is 38.9 Å². The normalized spacial score (nSPS) is 12.5. The lowest BCUT2D eigenvalue weighted by molar-refractivity contribution is 0.459. The number of hydrogen-bond donors (Lipinski definition) is 1. The fourth-order valence-electron chi connectivity index (χ4n) is 2.68. The van der Waals surface area contributed by atoms with Crippen LogP contribution in [0.2, 0.25) is 0 Å². The molecule has 1 rings (SSSR count). The van der Waals surface area contributed by atoms with Gasteiger partial charge in [0.1, 0.15) is 0 Å². The molecule has 0 aliphatic heterocycles. The average Bonchev–Trinajstić information content (AvgIpc) is 2.47. The third-order valence-corrected chi connectivity index (χ3v) is 4.04. The lowest BCUT2D eigenvalue weighted by atomic mass is 9.99. The van der Waals surface area contributed by atoms with E-state index in [1.807, 2.05) is 18.5 Å². The first kappa shape index (κ1) is 17.2. The smallest absolute Gasteiger partial charge is 0.0299 e. The van der Waals surface area contributed by atoms with E-state index in [0.29, 0.717) is 0 Å². The van der Waals surface area contributed by atoms with Crippen molar-refractivity contribution in [2.75, 3.05) is 6.54 Å². The fraction of sp³-hybridized carbons (Fsp3) is 0.722. The maximum Gasteiger partial charge on any atom is 0.0299 e. The summed E-state index contributed by atoms with van der Waals surface area (Å²) in [7, 11) is 0. The van der Waals surface area contributed by atoms with Crippen LogP contribution in [-0.4, -0.2) is 11.5 Å². The van der Waals surface area contributed by atoms with Crippen molar-refractivity contribution in [3.8, 4) is 0 Å². The molecule has 1 heterocycles. The minimum atomic E-state index is 0.819. The van der Waals surface area contributed by atoms with Gasteiger partial charge >= 0.3 is 0 Å². The Labute approximate surface area is 125 Å². The number of aryl methyl sites for hydroxylation is 1. The van der Waals surface area contributed by atoms with Crippen molar-refractivity contribution >= 4 is 0 Å². The molecular weight excluding hydrogens is 244 g/mol. The molecule has 0 unspecified atom stereocenters. The van der Waals surface area contributed by atoms with Crippen molar-refractivity contribution in [2.24, 2.45) is 11.7 Å². The van der Waals surface area contributed by atoms with Gasteiger partial charge in [-0.1, -0.05) is 57.9 Å². The largest absolute Gasteiger partial charge is 0.330 e. The summed E-state index contributed by atoms with van der Waals surface area (Å²) >= 11 is 0. The molecule has 0 saturated heterocycles. The van der Waals surface area contributed by atoms with E-state index in [2.05, 4.69) is 18.0 Å². The first-order valence-electron chi connectivity index (χ1n) is 8.42. The molecule has 0 saturated carbocycles. The van der Waals surface area contributed by atoms with Gasteiger partial charge in [0.25, 0.3) is 0 Å². The molecular formula is C18H32N2. The zero-order valence-electron chi connectivity index (χ0n) is 13.2. The minimum Gasteiger partial charge on any atom is -0.330 e. The third-order valence-electron chi connectivity index (χ3n) is 4.04. The summed E-state index contributed by atoms with van der Waals surface area (Å²) in [5.41, 5.74) is 6.94. The summed E-state index contributed by atoms with van der Waals surface area (Å²) < 4.78 is 0. The Morgan fingerprint density at radius 1 is 1.00 bits per heavy atom. The van der Waals surface area contributed by atoms with Crippen LogP contribution in [0.4, 0.5) is 0 Å². The van der Waals surface area contributed by atoms with Crippen LogP contribution in [0.5, 0.6) is 0 Å². The monoisotopic (exact) mass is 276 g/mol. The summed E-state index contributed by atoms with van der Waals surface area (Å²) in [6.07, 6.45) is 17.2. The molecule has 20 heavy (non-hydrogen) atoms. The van der Waals surface area contributed by atoms with Crippen LogP contribution in [0.1, 0.15) is 70.3 Å². The summed E-state index contributed by atoms with van der Waals surface area (Å²) in [4.78, 5) is 4.15. The van der Waals surface area contributed by atoms with Crippen molar-refractivity contribution in [3.05, 3.63) is 30.1 Å². The van der Waals surface area contributed by atoms with Gasteiger partial charge in [-0.15, -0.1) is 0 Å². The highest BCUT2D eigenvalue weighted by atomic mass is 14.6. The third kappa shape index (κ3) is 9.08. The van der Waals surface area contributed by atoms with E-state index < -0.39 is 0 Å². The van der Waals surface area contributed by atoms with Crippen LogP contribution in [0, 0.1) is 5.92 Å². The highest BCUT2D eigenvalue weighted by molar-refractivity contribution is 5.08. The Morgan fingerprint density at radius 2 is 1.70 bits per heavy atom. The van der Waals surface area contributed by atoms with Crippen LogP contribution in [-0.2, 0) is 6.42 Å². The molecule has 0 aliphatic carbocycles. The zero-order chi connectivity index (χ0) is 14.5. The molecule has 0 aliphatic rings. The Kier molecular flexibility index (Phi) is 10.2. The van der Waals surface area contributed by atoms with Gasteiger partial charge in [-0.2, -0.15) is 0 Å². The number of hydrogen-bond acceptors (Lipinski definition) is 2. The van der Waals surface area contributed by atoms with E-state index in [0.717, 1.165) is 12.5 Å². The molecule has 1 aromatic heterocycles. The lowest BCUT2D eigenvalue weighted by Gasteiger charge is -2.09. The number of aromatic nitrogens is 1. The van der Waals surface area contributed by atoms with Crippen molar-refractivity contribution in [1.82, 2.24) is 4.98 Å². The Balaban J connectivity index is 1.83. The highest BCUT2D eigenvalue weighted by Gasteiger charge is 2.00. The summed E-state index contributed by atoms with van der Waals surface area (Å²) in [6, 6.07) is 4.20. The second-order valence-corrected chi connectivity index (χ2v) is 6.06. The van der Waals surface area contributed by atoms with E-state index in [1.165, 1.54) is 69.8 Å². The second-order valence-electron chi connectivity index (χ2n) is 6.06. The molecule has 2 nitrogen and oxygen atoms in total. The Bertz CT molecular complexity index is 310. The molecule has 0 bridgehead atoms. The molecule has 2 N–H and O–H groups in total. The van der Waals surface area contributed by atoms with Crippen molar-refractivity contribution < 1.29 is 0 Å². The number of nitrogens with two attached hydrogens (primary N) is 1. The first-order valence-corrected chi connectivity index (χ1v) is 8.42. The van der Waals surface area contributed by atoms with Crippen molar-refractivity contribution in [1.29, 1.82) is 0 Å². The molecule has 2 heteroatoms. The predicted octanol–water partition coefficient (Wildman–Crippen LogP) is 4.73. The summed E-state index contributed by atoms with van der Waals surface area (Å²) in [5, 5.41) is 0. The van der Waals surface area contributed by atoms with Gasteiger partial charge in [0.2, 0.25) is 0 Å². The van der Waals surface area contributed by atoms with E-state index in [1.54, 1.807) is 0 Å². The SMILES string of the molecule is C[C@H](CCN)CCCCCCCCCc1cccnc1. The number of pyridine rings is 1. The first-order chi connectivity index (χ1) is 9.83. The maximum absolute atomic E-state index is 5.57. The summed E-state index contributed by atoms with van der Waals surface area (Å²) in [6.45, 7) is 3.17. The van der Waals surface area contributed by atoms with Gasteiger partial charge in [0, 0.05) is 12.4 Å². The second kappa shape index (κ2) is 11.9. The highest BCUT2D eigenvalue weighted by Crippen LogP contribution is 2.14. The summed E-state index contributed by atoms with van der Waals surface area (Å²) in [5.74, 6) is 0.819. The average molecular weight is 276 g/mol. The molecule has 0 amide bonds. The van der Waals surface area contributed by atoms with Crippen LogP contribution < -0.4 is 5.73 Å². The van der Waals surface area contributed by atoms with E-state index in [4.69, 9.17) is 5.73 Å². The number of rotatable bonds is 12. The van der Waals surface area contributed by atoms with Crippen LogP contribution in [0.15, 0.2) is 24.5 Å². The van der Waals surface area contributed by atoms with Crippen LogP contribution in [0.25, 0.3) is 0 Å². The molecule has 114 valence electrons. The van der Waals surface area contributed by atoms with Crippen LogP contribution >= 0.6 is 0 Å². The maximum atomic E-state index is 5.57. The number of unbranched alkanes of at least 4 members (excludes halogenated alkanes) is 6. The van der Waals surface area contributed by atoms with Gasteiger partial charge in [-0.3, -0.25) is 4.98 Å². The van der Waals surface area contributed by atoms with Gasteiger partial charge < -0.3 is 5.73 Å². The quantitative estimate of drug-likeness (QED) is 0.560. The Hall–Kier alpha value is -0.890. The van der Waals surface area contributed by atoms with E-state index in [9.17, 15) is 0 Å². The lowest BCUT2D eigenvalue weighted by Crippen LogP contribution is -2.05. The Morgan fingerprint density at radius 3 is 2.35 bits per heavy atom.